The molecule has 0 saturated carbocycles. The Morgan fingerprint density at radius 3 is 2.83 bits per heavy atom. The lowest BCUT2D eigenvalue weighted by atomic mass is 10.2. The first-order chi connectivity index (χ1) is 8.65. The first-order valence-electron chi connectivity index (χ1n) is 5.61. The largest absolute Gasteiger partial charge is 0.397 e. The maximum atomic E-state index is 10.5. The standard InChI is InChI=1S/C11H17N3O3S/c12-10-8-9(14(16)17)2-3-11(10)13-4-7-18-6-1-5-15/h2-3,8,13,15H,1,4-7,12H2. The van der Waals surface area contributed by atoms with Gasteiger partial charge in [0.1, 0.15) is 0 Å². The van der Waals surface area contributed by atoms with Crippen LogP contribution >= 0.6 is 11.8 Å². The van der Waals surface area contributed by atoms with Crippen LogP contribution in [0.4, 0.5) is 17.1 Å². The number of nitrogens with one attached hydrogen (secondary N) is 1. The van der Waals surface area contributed by atoms with Crippen LogP contribution in [0.3, 0.4) is 0 Å². The molecule has 1 rings (SSSR count). The van der Waals surface area contributed by atoms with E-state index in [-0.39, 0.29) is 12.3 Å². The zero-order valence-corrected chi connectivity index (χ0v) is 10.8. The lowest BCUT2D eigenvalue weighted by Crippen LogP contribution is -2.07. The number of anilines is 2. The van der Waals surface area contributed by atoms with E-state index in [2.05, 4.69) is 5.32 Å². The Labute approximate surface area is 110 Å². The minimum Gasteiger partial charge on any atom is -0.397 e. The van der Waals surface area contributed by atoms with E-state index in [9.17, 15) is 10.1 Å². The highest BCUT2D eigenvalue weighted by Crippen LogP contribution is 2.23. The number of thioether (sulfide) groups is 1. The lowest BCUT2D eigenvalue weighted by Gasteiger charge is -2.08. The Kier molecular flexibility index (Phi) is 6.31. The second kappa shape index (κ2) is 7.78. The molecule has 1 aromatic carbocycles. The number of nitrogen functional groups attached to an aromatic ring is 1. The molecule has 0 aliphatic heterocycles. The maximum Gasteiger partial charge on any atom is 0.271 e. The molecule has 0 fully saturated rings. The smallest absolute Gasteiger partial charge is 0.271 e. The van der Waals surface area contributed by atoms with Crippen LogP contribution in [0.15, 0.2) is 18.2 Å². The van der Waals surface area contributed by atoms with Gasteiger partial charge in [-0.05, 0) is 18.2 Å². The second-order valence-electron chi connectivity index (χ2n) is 3.64. The van der Waals surface area contributed by atoms with Crippen LogP contribution in [-0.4, -0.2) is 34.7 Å². The Morgan fingerprint density at radius 2 is 2.22 bits per heavy atom. The summed E-state index contributed by atoms with van der Waals surface area (Å²) in [6.07, 6.45) is 0.796. The summed E-state index contributed by atoms with van der Waals surface area (Å²) < 4.78 is 0. The molecule has 18 heavy (non-hydrogen) atoms. The molecule has 0 amide bonds. The average molecular weight is 271 g/mol. The molecular weight excluding hydrogens is 254 g/mol. The predicted octanol–water partition coefficient (Wildman–Crippen LogP) is 1.70. The lowest BCUT2D eigenvalue weighted by molar-refractivity contribution is -0.384. The molecule has 0 bridgehead atoms. The van der Waals surface area contributed by atoms with Crippen LogP contribution < -0.4 is 11.1 Å². The average Bonchev–Trinajstić information content (AvgIpc) is 2.35. The molecule has 0 atom stereocenters. The Bertz CT molecular complexity index is 401. The van der Waals surface area contributed by atoms with Gasteiger partial charge < -0.3 is 16.2 Å². The van der Waals surface area contributed by atoms with Gasteiger partial charge in [-0.3, -0.25) is 10.1 Å². The molecule has 0 aliphatic carbocycles. The molecule has 100 valence electrons. The number of nitro groups is 1. The van der Waals surface area contributed by atoms with E-state index in [4.69, 9.17) is 10.8 Å². The Balaban J connectivity index is 2.36. The van der Waals surface area contributed by atoms with Crippen molar-refractivity contribution in [2.24, 2.45) is 0 Å². The molecule has 0 saturated heterocycles. The summed E-state index contributed by atoms with van der Waals surface area (Å²) in [6, 6.07) is 4.39. The number of nitro benzene ring substituents is 1. The van der Waals surface area contributed by atoms with Crippen molar-refractivity contribution in [3.63, 3.8) is 0 Å². The first kappa shape index (κ1) is 14.6. The highest BCUT2D eigenvalue weighted by Gasteiger charge is 2.07. The summed E-state index contributed by atoms with van der Waals surface area (Å²) in [7, 11) is 0. The quantitative estimate of drug-likeness (QED) is 0.288. The van der Waals surface area contributed by atoms with Gasteiger partial charge in [0.05, 0.1) is 16.3 Å². The van der Waals surface area contributed by atoms with Crippen molar-refractivity contribution in [1.82, 2.24) is 0 Å². The Morgan fingerprint density at radius 1 is 1.44 bits per heavy atom. The molecule has 6 nitrogen and oxygen atoms in total. The van der Waals surface area contributed by atoms with Crippen molar-refractivity contribution in [1.29, 1.82) is 0 Å². The molecule has 0 aromatic heterocycles. The van der Waals surface area contributed by atoms with Gasteiger partial charge in [0.25, 0.3) is 5.69 Å². The SMILES string of the molecule is Nc1cc([N+](=O)[O-])ccc1NCCSCCCO. The van der Waals surface area contributed by atoms with Crippen molar-refractivity contribution in [2.75, 3.05) is 35.7 Å². The van der Waals surface area contributed by atoms with E-state index < -0.39 is 4.92 Å². The highest BCUT2D eigenvalue weighted by atomic mass is 32.2. The fourth-order valence-corrected chi connectivity index (χ4v) is 2.13. The second-order valence-corrected chi connectivity index (χ2v) is 4.87. The number of aliphatic hydroxyl groups excluding tert-OH is 1. The van der Waals surface area contributed by atoms with Gasteiger partial charge in [0.2, 0.25) is 0 Å². The minimum atomic E-state index is -0.467. The van der Waals surface area contributed by atoms with Gasteiger partial charge in [-0.15, -0.1) is 0 Å². The Hall–Kier alpha value is -1.47. The number of nitrogens with zero attached hydrogens (tertiary/aromatic N) is 1. The van der Waals surface area contributed by atoms with Gasteiger partial charge in [-0.25, -0.2) is 0 Å². The molecule has 0 unspecified atom stereocenters. The fraction of sp³-hybridized carbons (Fsp3) is 0.455. The molecule has 0 heterocycles. The summed E-state index contributed by atoms with van der Waals surface area (Å²) in [5, 5.41) is 22.3. The normalized spacial score (nSPS) is 10.3. The van der Waals surface area contributed by atoms with Crippen molar-refractivity contribution in [3.05, 3.63) is 28.3 Å². The van der Waals surface area contributed by atoms with E-state index in [0.717, 1.165) is 24.5 Å². The molecular formula is C11H17N3O3S. The number of non-ortho nitro benzene ring substituents is 1. The van der Waals surface area contributed by atoms with E-state index in [1.807, 2.05) is 0 Å². The van der Waals surface area contributed by atoms with Gasteiger partial charge in [0.15, 0.2) is 0 Å². The zero-order valence-electron chi connectivity index (χ0n) is 9.96. The van der Waals surface area contributed by atoms with Crippen LogP contribution in [0.2, 0.25) is 0 Å². The highest BCUT2D eigenvalue weighted by molar-refractivity contribution is 7.99. The molecule has 0 aliphatic rings. The van der Waals surface area contributed by atoms with Crippen LogP contribution in [0, 0.1) is 10.1 Å². The summed E-state index contributed by atoms with van der Waals surface area (Å²) in [5.74, 6) is 1.82. The van der Waals surface area contributed by atoms with Crippen molar-refractivity contribution in [3.8, 4) is 0 Å². The van der Waals surface area contributed by atoms with Crippen LogP contribution in [-0.2, 0) is 0 Å². The van der Waals surface area contributed by atoms with Gasteiger partial charge >= 0.3 is 0 Å². The van der Waals surface area contributed by atoms with Crippen molar-refractivity contribution in [2.45, 2.75) is 6.42 Å². The third-order valence-electron chi connectivity index (χ3n) is 2.25. The summed E-state index contributed by atoms with van der Waals surface area (Å²) in [6.45, 7) is 0.952. The predicted molar refractivity (Wildman–Crippen MR) is 75.0 cm³/mol. The third kappa shape index (κ3) is 4.80. The molecule has 1 aromatic rings. The molecule has 7 heteroatoms. The van der Waals surface area contributed by atoms with Gasteiger partial charge in [-0.2, -0.15) is 11.8 Å². The number of hydrogen-bond acceptors (Lipinski definition) is 6. The van der Waals surface area contributed by atoms with E-state index in [1.165, 1.54) is 12.1 Å². The summed E-state index contributed by atoms with van der Waals surface area (Å²) in [5.41, 5.74) is 6.80. The first-order valence-corrected chi connectivity index (χ1v) is 6.77. The van der Waals surface area contributed by atoms with E-state index in [0.29, 0.717) is 11.4 Å². The van der Waals surface area contributed by atoms with E-state index >= 15 is 0 Å². The third-order valence-corrected chi connectivity index (χ3v) is 3.32. The summed E-state index contributed by atoms with van der Waals surface area (Å²) in [4.78, 5) is 10.1. The topological polar surface area (TPSA) is 101 Å². The van der Waals surface area contributed by atoms with Crippen LogP contribution in [0.5, 0.6) is 0 Å². The maximum absolute atomic E-state index is 10.5. The monoisotopic (exact) mass is 271 g/mol. The van der Waals surface area contributed by atoms with Crippen LogP contribution in [0.25, 0.3) is 0 Å². The molecule has 0 spiro atoms. The number of aliphatic hydroxyl groups is 1. The number of rotatable bonds is 8. The number of hydrogen-bond donors (Lipinski definition) is 3. The minimum absolute atomic E-state index is 0.00429. The molecule has 0 radical (unpaired) electrons. The van der Waals surface area contributed by atoms with Crippen molar-refractivity contribution < 1.29 is 10.0 Å². The number of benzene rings is 1. The molecule has 4 N–H and O–H groups in total. The van der Waals surface area contributed by atoms with E-state index in [1.54, 1.807) is 17.8 Å². The summed E-state index contributed by atoms with van der Waals surface area (Å²) >= 11 is 1.74. The van der Waals surface area contributed by atoms with Crippen molar-refractivity contribution >= 4 is 28.8 Å². The zero-order chi connectivity index (χ0) is 13.4. The van der Waals surface area contributed by atoms with Gasteiger partial charge in [0, 0.05) is 31.0 Å². The fourth-order valence-electron chi connectivity index (χ4n) is 1.35. The number of nitrogens with two attached hydrogens (primary N) is 1. The van der Waals surface area contributed by atoms with Gasteiger partial charge in [-0.1, -0.05) is 0 Å². The van der Waals surface area contributed by atoms with Crippen LogP contribution in [0.1, 0.15) is 6.42 Å².